The number of hydrazone groups is 1. The van der Waals surface area contributed by atoms with Crippen LogP contribution in [0.1, 0.15) is 15.9 Å². The molecule has 1 amide bonds. The first kappa shape index (κ1) is 21.5. The Labute approximate surface area is 196 Å². The Morgan fingerprint density at radius 1 is 1.15 bits per heavy atom. The number of thiazole rings is 1. The minimum atomic E-state index is -0.483. The van der Waals surface area contributed by atoms with Gasteiger partial charge in [-0.15, -0.1) is 0 Å². The zero-order valence-electron chi connectivity index (χ0n) is 17.8. The van der Waals surface area contributed by atoms with Crippen LogP contribution in [0, 0.1) is 5.82 Å². The van der Waals surface area contributed by atoms with Crippen LogP contribution in [0.15, 0.2) is 87.3 Å². The highest BCUT2D eigenvalue weighted by atomic mass is 32.1. The predicted molar refractivity (Wildman–Crippen MR) is 129 cm³/mol. The standard InChI is InChI=1S/C25H16FN3O4S/c1-32-18-9-6-15(7-10-18)24(31)29(25-28-20-11-8-17(26)12-22(20)34-25)27-13-16-14-33-21-5-3-2-4-19(21)23(16)30/h2-14H,1H3/b27-13+. The highest BCUT2D eigenvalue weighted by Gasteiger charge is 2.21. The Hall–Kier alpha value is -4.37. The number of amides is 1. The number of ether oxygens (including phenoxy) is 1. The number of anilines is 1. The monoisotopic (exact) mass is 473 g/mol. The lowest BCUT2D eigenvalue weighted by Crippen LogP contribution is -2.26. The van der Waals surface area contributed by atoms with Crippen LogP contribution in [0.5, 0.6) is 5.75 Å². The third-order valence-electron chi connectivity index (χ3n) is 5.07. The summed E-state index contributed by atoms with van der Waals surface area (Å²) in [5, 5.41) is 6.00. The Kier molecular flexibility index (Phi) is 5.60. The Balaban J connectivity index is 1.59. The van der Waals surface area contributed by atoms with Gasteiger partial charge >= 0.3 is 0 Å². The van der Waals surface area contributed by atoms with Gasteiger partial charge in [-0.25, -0.2) is 9.37 Å². The summed E-state index contributed by atoms with van der Waals surface area (Å²) in [5.41, 5.74) is 1.18. The first-order valence-corrected chi connectivity index (χ1v) is 10.9. The second kappa shape index (κ2) is 8.87. The van der Waals surface area contributed by atoms with Crippen molar-refractivity contribution in [2.45, 2.75) is 0 Å². The third kappa shape index (κ3) is 4.04. The quantitative estimate of drug-likeness (QED) is 0.258. The van der Waals surface area contributed by atoms with Gasteiger partial charge in [0.05, 0.1) is 34.5 Å². The van der Waals surface area contributed by atoms with Crippen molar-refractivity contribution in [2.75, 3.05) is 12.1 Å². The van der Waals surface area contributed by atoms with E-state index in [9.17, 15) is 14.0 Å². The van der Waals surface area contributed by atoms with Crippen LogP contribution in [0.4, 0.5) is 9.52 Å². The lowest BCUT2D eigenvalue weighted by molar-refractivity contribution is 0.0988. The SMILES string of the molecule is COc1ccc(C(=O)N(/N=C/c2coc3ccccc3c2=O)c2nc3ccc(F)cc3s2)cc1. The van der Waals surface area contributed by atoms with Crippen molar-refractivity contribution in [2.24, 2.45) is 5.10 Å². The molecule has 34 heavy (non-hydrogen) atoms. The van der Waals surface area contributed by atoms with Crippen LogP contribution in [0.25, 0.3) is 21.2 Å². The summed E-state index contributed by atoms with van der Waals surface area (Å²) >= 11 is 1.11. The van der Waals surface area contributed by atoms with E-state index in [2.05, 4.69) is 10.1 Å². The molecule has 0 unspecified atom stereocenters. The molecule has 0 aliphatic heterocycles. The second-order valence-corrected chi connectivity index (χ2v) is 8.22. The molecule has 2 heterocycles. The van der Waals surface area contributed by atoms with Gasteiger partial charge < -0.3 is 9.15 Å². The molecule has 0 N–H and O–H groups in total. The smallest absolute Gasteiger partial charge is 0.280 e. The van der Waals surface area contributed by atoms with Crippen molar-refractivity contribution in [3.05, 3.63) is 100 Å². The lowest BCUT2D eigenvalue weighted by Gasteiger charge is -2.14. The number of nitrogens with zero attached hydrogens (tertiary/aromatic N) is 3. The van der Waals surface area contributed by atoms with E-state index in [0.717, 1.165) is 16.3 Å². The van der Waals surface area contributed by atoms with Gasteiger partial charge in [0.2, 0.25) is 10.6 Å². The van der Waals surface area contributed by atoms with E-state index in [-0.39, 0.29) is 16.1 Å². The van der Waals surface area contributed by atoms with Crippen LogP contribution < -0.4 is 15.2 Å². The van der Waals surface area contributed by atoms with E-state index >= 15 is 0 Å². The van der Waals surface area contributed by atoms with Crippen molar-refractivity contribution in [1.82, 2.24) is 4.98 Å². The molecule has 0 atom stereocenters. The number of fused-ring (bicyclic) bond motifs is 2. The van der Waals surface area contributed by atoms with Gasteiger partial charge in [-0.1, -0.05) is 23.5 Å². The van der Waals surface area contributed by atoms with Gasteiger partial charge in [0.15, 0.2) is 0 Å². The van der Waals surface area contributed by atoms with E-state index in [4.69, 9.17) is 9.15 Å². The van der Waals surface area contributed by atoms with Gasteiger partial charge in [0.25, 0.3) is 5.91 Å². The molecule has 5 aromatic rings. The van der Waals surface area contributed by atoms with Gasteiger partial charge in [-0.2, -0.15) is 10.1 Å². The van der Waals surface area contributed by atoms with Crippen LogP contribution in [-0.4, -0.2) is 24.2 Å². The maximum absolute atomic E-state index is 13.7. The number of hydrogen-bond acceptors (Lipinski definition) is 7. The molecule has 0 aliphatic rings. The molecule has 3 aromatic carbocycles. The molecule has 0 spiro atoms. The maximum Gasteiger partial charge on any atom is 0.280 e. The van der Waals surface area contributed by atoms with E-state index in [1.807, 2.05) is 0 Å². The average Bonchev–Trinajstić information content (AvgIpc) is 3.28. The summed E-state index contributed by atoms with van der Waals surface area (Å²) in [6, 6.07) is 17.5. The van der Waals surface area contributed by atoms with Crippen molar-refractivity contribution >= 4 is 49.8 Å². The predicted octanol–water partition coefficient (Wildman–Crippen LogP) is 5.23. The van der Waals surface area contributed by atoms with Crippen LogP contribution in [0.3, 0.4) is 0 Å². The molecule has 2 aromatic heterocycles. The normalized spacial score (nSPS) is 11.4. The minimum absolute atomic E-state index is 0.165. The van der Waals surface area contributed by atoms with E-state index in [1.54, 1.807) is 48.5 Å². The summed E-state index contributed by atoms with van der Waals surface area (Å²) in [6.07, 6.45) is 2.55. The Morgan fingerprint density at radius 3 is 2.74 bits per heavy atom. The average molecular weight is 473 g/mol. The molecule has 5 rings (SSSR count). The number of aromatic nitrogens is 1. The summed E-state index contributed by atoms with van der Waals surface area (Å²) in [4.78, 5) is 30.6. The number of methoxy groups -OCH3 is 1. The van der Waals surface area contributed by atoms with E-state index < -0.39 is 11.7 Å². The highest BCUT2D eigenvalue weighted by Crippen LogP contribution is 2.30. The van der Waals surface area contributed by atoms with Gasteiger partial charge in [-0.3, -0.25) is 9.59 Å². The summed E-state index contributed by atoms with van der Waals surface area (Å²) in [7, 11) is 1.53. The van der Waals surface area contributed by atoms with E-state index in [1.165, 1.54) is 37.8 Å². The first-order valence-electron chi connectivity index (χ1n) is 10.1. The third-order valence-corrected chi connectivity index (χ3v) is 6.06. The van der Waals surface area contributed by atoms with Crippen molar-refractivity contribution in [3.8, 4) is 5.75 Å². The van der Waals surface area contributed by atoms with Gasteiger partial charge in [0.1, 0.15) is 23.4 Å². The number of carbonyl (C=O) groups is 1. The molecule has 0 radical (unpaired) electrons. The Bertz CT molecular complexity index is 1610. The van der Waals surface area contributed by atoms with Crippen molar-refractivity contribution in [1.29, 1.82) is 0 Å². The molecule has 0 fully saturated rings. The molecule has 7 nitrogen and oxygen atoms in total. The molecule has 168 valence electrons. The molecular weight excluding hydrogens is 457 g/mol. The number of benzene rings is 3. The topological polar surface area (TPSA) is 85.0 Å². The zero-order valence-corrected chi connectivity index (χ0v) is 18.6. The van der Waals surface area contributed by atoms with Gasteiger partial charge in [-0.05, 0) is 54.6 Å². The molecule has 9 heteroatoms. The minimum Gasteiger partial charge on any atom is -0.497 e. The van der Waals surface area contributed by atoms with Gasteiger partial charge in [0, 0.05) is 5.56 Å². The number of para-hydroxylation sites is 1. The highest BCUT2D eigenvalue weighted by molar-refractivity contribution is 7.22. The zero-order chi connectivity index (χ0) is 23.7. The largest absolute Gasteiger partial charge is 0.497 e. The number of halogens is 1. The summed E-state index contributed by atoms with van der Waals surface area (Å²) in [5.74, 6) is -0.299. The number of hydrogen-bond donors (Lipinski definition) is 0. The first-order chi connectivity index (χ1) is 16.5. The van der Waals surface area contributed by atoms with E-state index in [0.29, 0.717) is 32.5 Å². The second-order valence-electron chi connectivity index (χ2n) is 7.21. The van der Waals surface area contributed by atoms with Crippen LogP contribution in [-0.2, 0) is 0 Å². The fraction of sp³-hybridized carbons (Fsp3) is 0.0400. The number of carbonyl (C=O) groups excluding carboxylic acids is 1. The number of rotatable bonds is 5. The van der Waals surface area contributed by atoms with Crippen LogP contribution >= 0.6 is 11.3 Å². The molecule has 0 aliphatic carbocycles. The molecule has 0 bridgehead atoms. The Morgan fingerprint density at radius 2 is 1.94 bits per heavy atom. The van der Waals surface area contributed by atoms with Crippen molar-refractivity contribution < 1.29 is 18.3 Å². The van der Waals surface area contributed by atoms with Crippen LogP contribution in [0.2, 0.25) is 0 Å². The molecule has 0 saturated carbocycles. The maximum atomic E-state index is 13.7. The fourth-order valence-corrected chi connectivity index (χ4v) is 4.27. The molecule has 0 saturated heterocycles. The fourth-order valence-electron chi connectivity index (χ4n) is 3.32. The van der Waals surface area contributed by atoms with Crippen molar-refractivity contribution in [3.63, 3.8) is 0 Å². The summed E-state index contributed by atoms with van der Waals surface area (Å²) in [6.45, 7) is 0. The summed E-state index contributed by atoms with van der Waals surface area (Å²) < 4.78 is 24.9. The molecular formula is C25H16FN3O4S. The lowest BCUT2D eigenvalue weighted by atomic mass is 10.2.